The highest BCUT2D eigenvalue weighted by molar-refractivity contribution is 6.08. The maximum absolute atomic E-state index is 12.5. The zero-order chi connectivity index (χ0) is 15.0. The molecule has 110 valence electrons. The van der Waals surface area contributed by atoms with E-state index in [1.807, 2.05) is 0 Å². The van der Waals surface area contributed by atoms with Crippen LogP contribution in [-0.2, 0) is 4.79 Å². The minimum absolute atomic E-state index is 0.140. The van der Waals surface area contributed by atoms with Gasteiger partial charge in [0.25, 0.3) is 11.8 Å². The second-order valence-corrected chi connectivity index (χ2v) is 5.03. The number of aromatic nitrogens is 1. The number of urea groups is 1. The molecule has 2 saturated heterocycles. The number of nitrogens with zero attached hydrogens (tertiary/aromatic N) is 2. The predicted octanol–water partition coefficient (Wildman–Crippen LogP) is -0.486. The van der Waals surface area contributed by atoms with Crippen molar-refractivity contribution in [2.45, 2.75) is 12.0 Å². The Kier molecular flexibility index (Phi) is 3.00. The van der Waals surface area contributed by atoms with Gasteiger partial charge in [-0.05, 0) is 18.6 Å². The smallest absolute Gasteiger partial charge is 0.322 e. The average Bonchev–Trinajstić information content (AvgIpc) is 3.02. The monoisotopic (exact) mass is 290 g/mol. The first kappa shape index (κ1) is 13.3. The number of ether oxygens (including phenoxy) is 1. The molecule has 2 fully saturated rings. The lowest BCUT2D eigenvalue weighted by Crippen LogP contribution is -2.49. The van der Waals surface area contributed by atoms with Crippen LogP contribution in [0, 0.1) is 0 Å². The molecule has 1 spiro atoms. The van der Waals surface area contributed by atoms with E-state index in [2.05, 4.69) is 15.6 Å². The number of rotatable bonds is 2. The van der Waals surface area contributed by atoms with Crippen molar-refractivity contribution in [3.05, 3.63) is 23.9 Å². The molecule has 2 aliphatic heterocycles. The number of amides is 4. The third-order valence-electron chi connectivity index (χ3n) is 3.77. The number of nitrogens with one attached hydrogen (secondary N) is 2. The average molecular weight is 290 g/mol. The van der Waals surface area contributed by atoms with Gasteiger partial charge in [0.2, 0.25) is 5.88 Å². The minimum atomic E-state index is -1.01. The zero-order valence-corrected chi connectivity index (χ0v) is 11.4. The molecule has 1 aromatic rings. The van der Waals surface area contributed by atoms with Crippen molar-refractivity contribution in [2.24, 2.45) is 0 Å². The van der Waals surface area contributed by atoms with Crippen LogP contribution in [0.1, 0.15) is 16.8 Å². The molecule has 0 aliphatic carbocycles. The van der Waals surface area contributed by atoms with E-state index in [0.29, 0.717) is 18.5 Å². The summed E-state index contributed by atoms with van der Waals surface area (Å²) in [5, 5.41) is 4.81. The summed E-state index contributed by atoms with van der Waals surface area (Å²) < 4.78 is 5.07. The molecule has 0 saturated carbocycles. The van der Waals surface area contributed by atoms with Crippen LogP contribution in [-0.4, -0.2) is 53.5 Å². The van der Waals surface area contributed by atoms with Gasteiger partial charge in [-0.25, -0.2) is 9.78 Å². The van der Waals surface area contributed by atoms with Crippen molar-refractivity contribution in [1.29, 1.82) is 0 Å². The molecule has 21 heavy (non-hydrogen) atoms. The van der Waals surface area contributed by atoms with Gasteiger partial charge in [-0.15, -0.1) is 0 Å². The van der Waals surface area contributed by atoms with Crippen molar-refractivity contribution < 1.29 is 19.1 Å². The zero-order valence-electron chi connectivity index (χ0n) is 11.4. The molecule has 2 aliphatic rings. The van der Waals surface area contributed by atoms with E-state index in [9.17, 15) is 14.4 Å². The van der Waals surface area contributed by atoms with E-state index in [-0.39, 0.29) is 24.2 Å². The Morgan fingerprint density at radius 3 is 2.95 bits per heavy atom. The van der Waals surface area contributed by atoms with Gasteiger partial charge >= 0.3 is 6.03 Å². The molecule has 8 heteroatoms. The van der Waals surface area contributed by atoms with E-state index >= 15 is 0 Å². The molecule has 3 rings (SSSR count). The lowest BCUT2D eigenvalue weighted by Gasteiger charge is -2.21. The molecule has 3 heterocycles. The largest absolute Gasteiger partial charge is 0.480 e. The van der Waals surface area contributed by atoms with Gasteiger partial charge < -0.3 is 15.0 Å². The number of pyridine rings is 1. The van der Waals surface area contributed by atoms with E-state index in [1.165, 1.54) is 18.2 Å². The summed E-state index contributed by atoms with van der Waals surface area (Å²) >= 11 is 0. The quantitative estimate of drug-likeness (QED) is 0.716. The highest BCUT2D eigenvalue weighted by atomic mass is 16.5. The number of carbonyl (C=O) groups excluding carboxylic acids is 3. The van der Waals surface area contributed by atoms with Crippen LogP contribution in [0.3, 0.4) is 0 Å². The minimum Gasteiger partial charge on any atom is -0.480 e. The molecule has 2 N–H and O–H groups in total. The summed E-state index contributed by atoms with van der Waals surface area (Å²) in [6.07, 6.45) is 1.92. The Balaban J connectivity index is 1.82. The molecule has 0 aromatic carbocycles. The number of methoxy groups -OCH3 is 1. The van der Waals surface area contributed by atoms with Crippen LogP contribution in [0.2, 0.25) is 0 Å². The van der Waals surface area contributed by atoms with Gasteiger partial charge in [-0.2, -0.15) is 0 Å². The molecule has 0 bridgehead atoms. The molecule has 0 radical (unpaired) electrons. The molecule has 1 unspecified atom stereocenters. The maximum Gasteiger partial charge on any atom is 0.322 e. The Labute approximate surface area is 120 Å². The van der Waals surface area contributed by atoms with Gasteiger partial charge in [0.15, 0.2) is 0 Å². The summed E-state index contributed by atoms with van der Waals surface area (Å²) in [5.74, 6) is -0.421. The van der Waals surface area contributed by atoms with Gasteiger partial charge in [0, 0.05) is 12.7 Å². The summed E-state index contributed by atoms with van der Waals surface area (Å²) in [4.78, 5) is 41.2. The lowest BCUT2D eigenvalue weighted by molar-refractivity contribution is -0.123. The van der Waals surface area contributed by atoms with Crippen molar-refractivity contribution >= 4 is 17.8 Å². The first-order valence-corrected chi connectivity index (χ1v) is 6.48. The highest BCUT2D eigenvalue weighted by Crippen LogP contribution is 2.27. The number of hydrogen-bond donors (Lipinski definition) is 2. The summed E-state index contributed by atoms with van der Waals surface area (Å²) in [6.45, 7) is 0.520. The fourth-order valence-electron chi connectivity index (χ4n) is 2.69. The van der Waals surface area contributed by atoms with Gasteiger partial charge in [0.1, 0.15) is 11.1 Å². The summed E-state index contributed by atoms with van der Waals surface area (Å²) in [5.41, 5.74) is -0.677. The maximum atomic E-state index is 12.5. The summed E-state index contributed by atoms with van der Waals surface area (Å²) in [6, 6.07) is 2.74. The fraction of sp³-hybridized carbons (Fsp3) is 0.385. The topological polar surface area (TPSA) is 101 Å². The van der Waals surface area contributed by atoms with Crippen LogP contribution >= 0.6 is 0 Å². The molecule has 1 atom stereocenters. The van der Waals surface area contributed by atoms with E-state index < -0.39 is 11.6 Å². The molecular weight excluding hydrogens is 276 g/mol. The standard InChI is InChI=1S/C13H14N4O4/c1-21-9-8(3-2-5-14-9)10(18)17-6-4-13(7-17)11(19)15-12(20)16-13/h2-3,5H,4,6-7H2,1H3,(H2,15,16,19,20). The second-order valence-electron chi connectivity index (χ2n) is 5.03. The SMILES string of the molecule is COc1ncccc1C(=O)N1CCC2(C1)NC(=O)NC2=O. The van der Waals surface area contributed by atoms with Crippen LogP contribution in [0.25, 0.3) is 0 Å². The van der Waals surface area contributed by atoms with E-state index in [4.69, 9.17) is 4.74 Å². The van der Waals surface area contributed by atoms with Gasteiger partial charge in [0.05, 0.1) is 13.7 Å². The molecule has 4 amide bonds. The highest BCUT2D eigenvalue weighted by Gasteiger charge is 2.51. The number of imide groups is 1. The Morgan fingerprint density at radius 2 is 2.29 bits per heavy atom. The predicted molar refractivity (Wildman–Crippen MR) is 70.7 cm³/mol. The summed E-state index contributed by atoms with van der Waals surface area (Å²) in [7, 11) is 1.44. The van der Waals surface area contributed by atoms with Crippen molar-refractivity contribution in [3.8, 4) is 5.88 Å². The Bertz CT molecular complexity index is 632. The first-order chi connectivity index (χ1) is 10.1. The van der Waals surface area contributed by atoms with Crippen LogP contribution < -0.4 is 15.4 Å². The fourth-order valence-corrected chi connectivity index (χ4v) is 2.69. The lowest BCUT2D eigenvalue weighted by atomic mass is 9.99. The number of carbonyl (C=O) groups is 3. The second kappa shape index (κ2) is 4.72. The van der Waals surface area contributed by atoms with Gasteiger partial charge in [-0.3, -0.25) is 14.9 Å². The van der Waals surface area contributed by atoms with Crippen LogP contribution in [0.4, 0.5) is 4.79 Å². The molecule has 1 aromatic heterocycles. The first-order valence-electron chi connectivity index (χ1n) is 6.48. The number of hydrogen-bond acceptors (Lipinski definition) is 5. The van der Waals surface area contributed by atoms with E-state index in [0.717, 1.165) is 0 Å². The van der Waals surface area contributed by atoms with Crippen LogP contribution in [0.5, 0.6) is 5.88 Å². The van der Waals surface area contributed by atoms with Crippen molar-refractivity contribution in [1.82, 2.24) is 20.5 Å². The molecule has 8 nitrogen and oxygen atoms in total. The third-order valence-corrected chi connectivity index (χ3v) is 3.77. The normalized spacial score (nSPS) is 24.1. The third kappa shape index (κ3) is 2.08. The number of likely N-dealkylation sites (tertiary alicyclic amines) is 1. The Morgan fingerprint density at radius 1 is 1.48 bits per heavy atom. The molecular formula is C13H14N4O4. The van der Waals surface area contributed by atoms with E-state index in [1.54, 1.807) is 12.1 Å². The Hall–Kier alpha value is -2.64. The van der Waals surface area contributed by atoms with Gasteiger partial charge in [-0.1, -0.05) is 0 Å². The van der Waals surface area contributed by atoms with Crippen LogP contribution in [0.15, 0.2) is 18.3 Å². The van der Waals surface area contributed by atoms with Crippen molar-refractivity contribution in [2.75, 3.05) is 20.2 Å². The van der Waals surface area contributed by atoms with Crippen molar-refractivity contribution in [3.63, 3.8) is 0 Å².